The summed E-state index contributed by atoms with van der Waals surface area (Å²) in [6.07, 6.45) is 2.70. The minimum absolute atomic E-state index is 0.186. The Bertz CT molecular complexity index is 566. The normalized spacial score (nSPS) is 15.1. The number of furan rings is 1. The van der Waals surface area contributed by atoms with E-state index >= 15 is 0 Å². The van der Waals surface area contributed by atoms with E-state index in [0.717, 1.165) is 35.6 Å². The molecule has 1 aliphatic heterocycles. The van der Waals surface area contributed by atoms with Crippen LogP contribution in [0.2, 0.25) is 0 Å². The van der Waals surface area contributed by atoms with Gasteiger partial charge in [-0.2, -0.15) is 0 Å². The van der Waals surface area contributed by atoms with Crippen molar-refractivity contribution in [3.63, 3.8) is 0 Å². The van der Waals surface area contributed by atoms with E-state index in [4.69, 9.17) is 9.15 Å². The Labute approximate surface area is 121 Å². The molecule has 100 valence electrons. The monoisotopic (exact) mass is 321 g/mol. The number of hydrogen-bond acceptors (Lipinski definition) is 3. The SMILES string of the molecule is C[C@H](NCc1cc(Br)cc2c1OCC2)c1ccco1. The van der Waals surface area contributed by atoms with E-state index in [1.54, 1.807) is 6.26 Å². The number of rotatable bonds is 4. The van der Waals surface area contributed by atoms with Crippen molar-refractivity contribution in [1.82, 2.24) is 5.32 Å². The Morgan fingerprint density at radius 1 is 1.42 bits per heavy atom. The number of benzene rings is 1. The fourth-order valence-corrected chi connectivity index (χ4v) is 2.93. The Balaban J connectivity index is 1.74. The molecule has 3 rings (SSSR count). The Kier molecular flexibility index (Phi) is 3.62. The second-order valence-electron chi connectivity index (χ2n) is 4.77. The fourth-order valence-electron chi connectivity index (χ4n) is 2.38. The summed E-state index contributed by atoms with van der Waals surface area (Å²) in [5.41, 5.74) is 2.48. The largest absolute Gasteiger partial charge is 0.493 e. The zero-order valence-corrected chi connectivity index (χ0v) is 12.4. The first-order valence-electron chi connectivity index (χ1n) is 6.45. The van der Waals surface area contributed by atoms with Crippen LogP contribution in [-0.2, 0) is 13.0 Å². The van der Waals surface area contributed by atoms with Crippen LogP contribution in [0.4, 0.5) is 0 Å². The summed E-state index contributed by atoms with van der Waals surface area (Å²) in [6.45, 7) is 3.65. The van der Waals surface area contributed by atoms with Gasteiger partial charge in [0.15, 0.2) is 0 Å². The van der Waals surface area contributed by atoms with Gasteiger partial charge in [0, 0.05) is 23.0 Å². The van der Waals surface area contributed by atoms with Gasteiger partial charge in [0.1, 0.15) is 11.5 Å². The van der Waals surface area contributed by atoms with Gasteiger partial charge in [-0.3, -0.25) is 0 Å². The molecule has 0 saturated carbocycles. The third-order valence-electron chi connectivity index (χ3n) is 3.39. The van der Waals surface area contributed by atoms with Gasteiger partial charge in [0.2, 0.25) is 0 Å². The lowest BCUT2D eigenvalue weighted by Gasteiger charge is -2.14. The van der Waals surface area contributed by atoms with E-state index in [2.05, 4.69) is 40.3 Å². The molecule has 2 heterocycles. The second-order valence-corrected chi connectivity index (χ2v) is 5.69. The number of nitrogens with one attached hydrogen (secondary N) is 1. The topological polar surface area (TPSA) is 34.4 Å². The van der Waals surface area contributed by atoms with Crippen molar-refractivity contribution < 1.29 is 9.15 Å². The van der Waals surface area contributed by atoms with Gasteiger partial charge in [-0.1, -0.05) is 15.9 Å². The van der Waals surface area contributed by atoms with Gasteiger partial charge in [0.05, 0.1) is 18.9 Å². The van der Waals surface area contributed by atoms with E-state index in [0.29, 0.717) is 0 Å². The maximum atomic E-state index is 5.72. The number of hydrogen-bond donors (Lipinski definition) is 1. The smallest absolute Gasteiger partial charge is 0.127 e. The summed E-state index contributed by atoms with van der Waals surface area (Å²) in [5.74, 6) is 2.00. The molecular formula is C15H16BrNO2. The summed E-state index contributed by atoms with van der Waals surface area (Å²) in [5, 5.41) is 3.46. The first-order chi connectivity index (χ1) is 9.24. The molecule has 0 bridgehead atoms. The molecule has 4 heteroatoms. The highest BCUT2D eigenvalue weighted by molar-refractivity contribution is 9.10. The molecule has 0 unspecified atom stereocenters. The molecule has 3 nitrogen and oxygen atoms in total. The lowest BCUT2D eigenvalue weighted by atomic mass is 10.1. The molecule has 2 aromatic rings. The molecule has 0 spiro atoms. The van der Waals surface area contributed by atoms with Crippen molar-refractivity contribution in [3.8, 4) is 5.75 Å². The van der Waals surface area contributed by atoms with Crippen LogP contribution in [-0.4, -0.2) is 6.61 Å². The number of fused-ring (bicyclic) bond motifs is 1. The molecule has 0 amide bonds. The van der Waals surface area contributed by atoms with Crippen molar-refractivity contribution in [3.05, 3.63) is 51.9 Å². The fraction of sp³-hybridized carbons (Fsp3) is 0.333. The van der Waals surface area contributed by atoms with Crippen LogP contribution < -0.4 is 10.1 Å². The molecule has 0 aliphatic carbocycles. The molecule has 1 atom stereocenters. The van der Waals surface area contributed by atoms with Crippen LogP contribution in [0.5, 0.6) is 5.75 Å². The molecule has 19 heavy (non-hydrogen) atoms. The number of ether oxygens (including phenoxy) is 1. The van der Waals surface area contributed by atoms with Gasteiger partial charge < -0.3 is 14.5 Å². The molecule has 0 saturated heterocycles. The third kappa shape index (κ3) is 2.69. The minimum atomic E-state index is 0.186. The van der Waals surface area contributed by atoms with E-state index < -0.39 is 0 Å². The summed E-state index contributed by atoms with van der Waals surface area (Å²) in [6, 6.07) is 8.34. The summed E-state index contributed by atoms with van der Waals surface area (Å²) in [7, 11) is 0. The average molecular weight is 322 g/mol. The van der Waals surface area contributed by atoms with Crippen LogP contribution in [0.15, 0.2) is 39.4 Å². The van der Waals surface area contributed by atoms with Gasteiger partial charge >= 0.3 is 0 Å². The van der Waals surface area contributed by atoms with E-state index in [1.165, 1.54) is 11.1 Å². The predicted molar refractivity (Wildman–Crippen MR) is 77.3 cm³/mol. The average Bonchev–Trinajstić information content (AvgIpc) is 3.05. The van der Waals surface area contributed by atoms with Gasteiger partial charge in [-0.15, -0.1) is 0 Å². The third-order valence-corrected chi connectivity index (χ3v) is 3.85. The van der Waals surface area contributed by atoms with Crippen molar-refractivity contribution in [2.75, 3.05) is 6.61 Å². The predicted octanol–water partition coefficient (Wildman–Crippen LogP) is 3.83. The lowest BCUT2D eigenvalue weighted by Crippen LogP contribution is -2.18. The van der Waals surface area contributed by atoms with Gasteiger partial charge in [0.25, 0.3) is 0 Å². The quantitative estimate of drug-likeness (QED) is 0.929. The van der Waals surface area contributed by atoms with Crippen LogP contribution >= 0.6 is 15.9 Å². The van der Waals surface area contributed by atoms with Crippen LogP contribution in [0, 0.1) is 0 Å². The molecular weight excluding hydrogens is 306 g/mol. The van der Waals surface area contributed by atoms with E-state index in [1.807, 2.05) is 12.1 Å². The highest BCUT2D eigenvalue weighted by Crippen LogP contribution is 2.33. The van der Waals surface area contributed by atoms with Crippen LogP contribution in [0.3, 0.4) is 0 Å². The zero-order chi connectivity index (χ0) is 13.2. The summed E-state index contributed by atoms with van der Waals surface area (Å²) in [4.78, 5) is 0. The highest BCUT2D eigenvalue weighted by Gasteiger charge is 2.18. The van der Waals surface area contributed by atoms with Gasteiger partial charge in [-0.25, -0.2) is 0 Å². The Morgan fingerprint density at radius 2 is 2.32 bits per heavy atom. The maximum absolute atomic E-state index is 5.72. The van der Waals surface area contributed by atoms with Gasteiger partial charge in [-0.05, 0) is 36.8 Å². The minimum Gasteiger partial charge on any atom is -0.493 e. The standard InChI is InChI=1S/C15H16BrNO2/c1-10(14-3-2-5-18-14)17-9-12-8-13(16)7-11-4-6-19-15(11)12/h2-3,5,7-8,10,17H,4,6,9H2,1H3/t10-/m0/s1. The first-order valence-corrected chi connectivity index (χ1v) is 7.24. The molecule has 1 aliphatic rings. The van der Waals surface area contributed by atoms with Crippen molar-refractivity contribution in [1.29, 1.82) is 0 Å². The van der Waals surface area contributed by atoms with Crippen LogP contribution in [0.25, 0.3) is 0 Å². The maximum Gasteiger partial charge on any atom is 0.127 e. The van der Waals surface area contributed by atoms with Crippen molar-refractivity contribution in [2.45, 2.75) is 25.9 Å². The van der Waals surface area contributed by atoms with E-state index in [-0.39, 0.29) is 6.04 Å². The highest BCUT2D eigenvalue weighted by atomic mass is 79.9. The summed E-state index contributed by atoms with van der Waals surface area (Å²) < 4.78 is 12.2. The number of halogens is 1. The first kappa shape index (κ1) is 12.8. The van der Waals surface area contributed by atoms with Crippen molar-refractivity contribution in [2.24, 2.45) is 0 Å². The Hall–Kier alpha value is -1.26. The molecule has 1 aromatic carbocycles. The zero-order valence-electron chi connectivity index (χ0n) is 10.8. The second kappa shape index (κ2) is 5.39. The summed E-state index contributed by atoms with van der Waals surface area (Å²) >= 11 is 3.56. The molecule has 1 N–H and O–H groups in total. The molecule has 1 aromatic heterocycles. The van der Waals surface area contributed by atoms with Crippen molar-refractivity contribution >= 4 is 15.9 Å². The molecule has 0 radical (unpaired) electrons. The lowest BCUT2D eigenvalue weighted by molar-refractivity contribution is 0.350. The van der Waals surface area contributed by atoms with Crippen LogP contribution in [0.1, 0.15) is 29.9 Å². The van der Waals surface area contributed by atoms with E-state index in [9.17, 15) is 0 Å². The molecule has 0 fully saturated rings. The Morgan fingerprint density at radius 3 is 3.11 bits per heavy atom.